The topological polar surface area (TPSA) is 54.9 Å². The lowest BCUT2D eigenvalue weighted by atomic mass is 10.1. The predicted molar refractivity (Wildman–Crippen MR) is 87.9 cm³/mol. The minimum Gasteiger partial charge on any atom is -0.497 e. The van der Waals surface area contributed by atoms with Crippen molar-refractivity contribution >= 4 is 23.0 Å². The highest BCUT2D eigenvalue weighted by Gasteiger charge is 2.15. The molecule has 1 unspecified atom stereocenters. The van der Waals surface area contributed by atoms with Crippen LogP contribution in [0.15, 0.2) is 29.4 Å². The lowest BCUT2D eigenvalue weighted by Gasteiger charge is -2.12. The van der Waals surface area contributed by atoms with Crippen LogP contribution in [0.4, 0.5) is 0 Å². The number of rotatable bonds is 5. The number of hydrogen-bond acceptors (Lipinski definition) is 4. The average Bonchev–Trinajstić information content (AvgIpc) is 3.04. The summed E-state index contributed by atoms with van der Waals surface area (Å²) in [6.45, 7) is 3.50. The van der Waals surface area contributed by atoms with Crippen LogP contribution in [0.2, 0.25) is 0 Å². The molecule has 1 aliphatic heterocycles. The van der Waals surface area contributed by atoms with Crippen LogP contribution in [0.5, 0.6) is 5.75 Å². The van der Waals surface area contributed by atoms with Gasteiger partial charge in [0.1, 0.15) is 5.75 Å². The Morgan fingerprint density at radius 2 is 2.19 bits per heavy atom. The van der Waals surface area contributed by atoms with E-state index in [2.05, 4.69) is 15.8 Å². The normalized spacial score (nSPS) is 18.4. The minimum absolute atomic E-state index is 0.261. The van der Waals surface area contributed by atoms with Gasteiger partial charge in [-0.2, -0.15) is 5.10 Å². The molecule has 0 bridgehead atoms. The fourth-order valence-corrected chi connectivity index (χ4v) is 2.21. The van der Waals surface area contributed by atoms with Gasteiger partial charge < -0.3 is 14.8 Å². The quantitative estimate of drug-likeness (QED) is 0.495. The molecule has 0 spiro atoms. The van der Waals surface area contributed by atoms with Crippen LogP contribution in [0.1, 0.15) is 25.3 Å². The molecule has 5 nitrogen and oxygen atoms in total. The van der Waals surface area contributed by atoms with Gasteiger partial charge >= 0.3 is 0 Å². The lowest BCUT2D eigenvalue weighted by Crippen LogP contribution is -2.37. The van der Waals surface area contributed by atoms with E-state index in [1.165, 1.54) is 0 Å². The van der Waals surface area contributed by atoms with Gasteiger partial charge in [0, 0.05) is 13.2 Å². The van der Waals surface area contributed by atoms with Gasteiger partial charge in [-0.05, 0) is 61.8 Å². The third-order valence-corrected chi connectivity index (χ3v) is 3.58. The first-order valence-corrected chi connectivity index (χ1v) is 7.44. The number of methoxy groups -OCH3 is 1. The lowest BCUT2D eigenvalue weighted by molar-refractivity contribution is 0.114. The van der Waals surface area contributed by atoms with Crippen molar-refractivity contribution in [3.8, 4) is 5.75 Å². The highest BCUT2D eigenvalue weighted by molar-refractivity contribution is 7.80. The Kier molecular flexibility index (Phi) is 5.95. The summed E-state index contributed by atoms with van der Waals surface area (Å²) in [6, 6.07) is 7.73. The molecule has 0 aliphatic carbocycles. The Bertz CT molecular complexity index is 496. The summed E-state index contributed by atoms with van der Waals surface area (Å²) in [6.07, 6.45) is 2.47. The molecule has 0 radical (unpaired) electrons. The van der Waals surface area contributed by atoms with Crippen LogP contribution < -0.4 is 15.5 Å². The SMILES string of the molecule is COc1ccc(/C(C)=N/NC(=S)NCC2CCCO2)cc1. The summed E-state index contributed by atoms with van der Waals surface area (Å²) >= 11 is 5.19. The van der Waals surface area contributed by atoms with Crippen LogP contribution in [0.25, 0.3) is 0 Å². The molecular weight excluding hydrogens is 286 g/mol. The molecule has 0 amide bonds. The van der Waals surface area contributed by atoms with Crippen molar-refractivity contribution in [2.75, 3.05) is 20.3 Å². The molecule has 21 heavy (non-hydrogen) atoms. The van der Waals surface area contributed by atoms with Gasteiger partial charge in [-0.3, -0.25) is 5.43 Å². The number of ether oxygens (including phenoxy) is 2. The van der Waals surface area contributed by atoms with Crippen molar-refractivity contribution in [3.63, 3.8) is 0 Å². The molecule has 2 rings (SSSR count). The van der Waals surface area contributed by atoms with Gasteiger partial charge in [-0.25, -0.2) is 0 Å². The Labute approximate surface area is 130 Å². The van der Waals surface area contributed by atoms with Crippen LogP contribution in [-0.2, 0) is 4.74 Å². The van der Waals surface area contributed by atoms with E-state index in [1.807, 2.05) is 31.2 Å². The summed E-state index contributed by atoms with van der Waals surface area (Å²) in [7, 11) is 1.65. The zero-order valence-corrected chi connectivity index (χ0v) is 13.2. The highest BCUT2D eigenvalue weighted by atomic mass is 32.1. The predicted octanol–water partition coefficient (Wildman–Crippen LogP) is 2.06. The summed E-state index contributed by atoms with van der Waals surface area (Å²) in [5.41, 5.74) is 4.73. The van der Waals surface area contributed by atoms with Crippen molar-refractivity contribution in [3.05, 3.63) is 29.8 Å². The highest BCUT2D eigenvalue weighted by Crippen LogP contribution is 2.12. The van der Waals surface area contributed by atoms with Crippen LogP contribution in [0, 0.1) is 0 Å². The monoisotopic (exact) mass is 307 g/mol. The number of hydrogen-bond donors (Lipinski definition) is 2. The molecule has 0 saturated carbocycles. The molecular formula is C15H21N3O2S. The average molecular weight is 307 g/mol. The van der Waals surface area contributed by atoms with Crippen LogP contribution >= 0.6 is 12.2 Å². The Hall–Kier alpha value is -1.66. The standard InChI is InChI=1S/C15H21N3O2S/c1-11(12-5-7-13(19-2)8-6-12)17-18-15(21)16-10-14-4-3-9-20-14/h5-8,14H,3-4,9-10H2,1-2H3,(H2,16,18,21)/b17-11+. The van der Waals surface area contributed by atoms with E-state index >= 15 is 0 Å². The minimum atomic E-state index is 0.261. The number of nitrogens with one attached hydrogen (secondary N) is 2. The first-order valence-electron chi connectivity index (χ1n) is 7.03. The molecule has 0 aromatic heterocycles. The van der Waals surface area contributed by atoms with E-state index in [0.29, 0.717) is 5.11 Å². The van der Waals surface area contributed by atoms with Gasteiger partial charge in [0.05, 0.1) is 18.9 Å². The van der Waals surface area contributed by atoms with Gasteiger partial charge in [0.2, 0.25) is 0 Å². The summed E-state index contributed by atoms with van der Waals surface area (Å²) in [4.78, 5) is 0. The van der Waals surface area contributed by atoms with Gasteiger partial charge in [0.15, 0.2) is 5.11 Å². The third-order valence-electron chi connectivity index (χ3n) is 3.35. The van der Waals surface area contributed by atoms with Crippen LogP contribution in [-0.4, -0.2) is 37.2 Å². The number of benzene rings is 1. The van der Waals surface area contributed by atoms with Gasteiger partial charge in [-0.15, -0.1) is 0 Å². The van der Waals surface area contributed by atoms with E-state index in [4.69, 9.17) is 21.7 Å². The number of thiocarbonyl (C=S) groups is 1. The molecule has 1 saturated heterocycles. The second kappa shape index (κ2) is 7.95. The van der Waals surface area contributed by atoms with Crippen molar-refractivity contribution in [1.29, 1.82) is 0 Å². The zero-order chi connectivity index (χ0) is 15.1. The fourth-order valence-electron chi connectivity index (χ4n) is 2.08. The van der Waals surface area contributed by atoms with Crippen molar-refractivity contribution in [2.24, 2.45) is 5.10 Å². The molecule has 2 N–H and O–H groups in total. The van der Waals surface area contributed by atoms with E-state index in [9.17, 15) is 0 Å². The van der Waals surface area contributed by atoms with E-state index in [1.54, 1.807) is 7.11 Å². The molecule has 114 valence electrons. The first-order chi connectivity index (χ1) is 10.2. The maximum Gasteiger partial charge on any atom is 0.187 e. The van der Waals surface area contributed by atoms with E-state index < -0.39 is 0 Å². The maximum atomic E-state index is 5.52. The largest absolute Gasteiger partial charge is 0.497 e. The first kappa shape index (κ1) is 15.7. The molecule has 1 fully saturated rings. The second-order valence-corrected chi connectivity index (χ2v) is 5.29. The Morgan fingerprint density at radius 3 is 2.81 bits per heavy atom. The smallest absolute Gasteiger partial charge is 0.187 e. The molecule has 6 heteroatoms. The van der Waals surface area contributed by atoms with E-state index in [0.717, 1.165) is 43.0 Å². The van der Waals surface area contributed by atoms with Gasteiger partial charge in [-0.1, -0.05) is 0 Å². The second-order valence-electron chi connectivity index (χ2n) is 4.88. The summed E-state index contributed by atoms with van der Waals surface area (Å²) < 4.78 is 10.7. The molecule has 1 aromatic carbocycles. The molecule has 1 atom stereocenters. The van der Waals surface area contributed by atoms with Gasteiger partial charge in [0.25, 0.3) is 0 Å². The van der Waals surface area contributed by atoms with E-state index in [-0.39, 0.29) is 6.10 Å². The fraction of sp³-hybridized carbons (Fsp3) is 0.467. The Balaban J connectivity index is 1.79. The van der Waals surface area contributed by atoms with Crippen LogP contribution in [0.3, 0.4) is 0 Å². The maximum absolute atomic E-state index is 5.52. The molecule has 1 aliphatic rings. The van der Waals surface area contributed by atoms with Crippen molar-refractivity contribution in [2.45, 2.75) is 25.9 Å². The number of nitrogens with zero attached hydrogens (tertiary/aromatic N) is 1. The number of hydrazone groups is 1. The molecule has 1 heterocycles. The molecule has 1 aromatic rings. The summed E-state index contributed by atoms with van der Waals surface area (Å²) in [5, 5.41) is 7.91. The summed E-state index contributed by atoms with van der Waals surface area (Å²) in [5.74, 6) is 0.827. The van der Waals surface area contributed by atoms with Crippen molar-refractivity contribution in [1.82, 2.24) is 10.7 Å². The Morgan fingerprint density at radius 1 is 1.43 bits per heavy atom. The zero-order valence-electron chi connectivity index (χ0n) is 12.4. The third kappa shape index (κ3) is 4.99. The van der Waals surface area contributed by atoms with Crippen molar-refractivity contribution < 1.29 is 9.47 Å².